The highest BCUT2D eigenvalue weighted by Gasteiger charge is 2.19. The summed E-state index contributed by atoms with van der Waals surface area (Å²) in [6.45, 7) is 0. The molecule has 0 aliphatic heterocycles. The van der Waals surface area contributed by atoms with Crippen molar-refractivity contribution in [3.63, 3.8) is 0 Å². The molecule has 4 heterocycles. The summed E-state index contributed by atoms with van der Waals surface area (Å²) in [5, 5.41) is 5.34. The van der Waals surface area contributed by atoms with Crippen LogP contribution in [0.4, 0.5) is 0 Å². The number of pyridine rings is 1. The van der Waals surface area contributed by atoms with Crippen molar-refractivity contribution in [2.75, 3.05) is 0 Å². The Morgan fingerprint density at radius 3 is 1.54 bits per heavy atom. The highest BCUT2D eigenvalue weighted by atomic mass is 16.3. The first-order valence-electron chi connectivity index (χ1n) is 17.9. The van der Waals surface area contributed by atoms with Gasteiger partial charge in [0, 0.05) is 60.9 Å². The number of nitrogens with zero attached hydrogens (tertiary/aromatic N) is 4. The summed E-state index contributed by atoms with van der Waals surface area (Å²) in [4.78, 5) is 19.9. The molecular formula is C48H28N4O2. The lowest BCUT2D eigenvalue weighted by Gasteiger charge is -2.13. The minimum absolute atomic E-state index is 0.552. The number of hydrogen-bond donors (Lipinski definition) is 0. The predicted octanol–water partition coefficient (Wildman–Crippen LogP) is 12.6. The summed E-state index contributed by atoms with van der Waals surface area (Å²) in [6, 6.07) is 55.7. The van der Waals surface area contributed by atoms with Crippen molar-refractivity contribution in [1.29, 1.82) is 0 Å². The van der Waals surface area contributed by atoms with E-state index in [0.29, 0.717) is 17.5 Å². The molecule has 11 aromatic rings. The summed E-state index contributed by atoms with van der Waals surface area (Å²) in [5.41, 5.74) is 10.7. The minimum atomic E-state index is 0.552. The topological polar surface area (TPSA) is 77.8 Å². The third-order valence-corrected chi connectivity index (χ3v) is 10.2. The molecule has 54 heavy (non-hydrogen) atoms. The average Bonchev–Trinajstić information content (AvgIpc) is 3.82. The number of furan rings is 2. The SMILES string of the molecule is c1ccc(-c2nc(-c3cc(-c4cccc5c4oc4ccccc45)cc(-c4cccc5c4oc4ccccc45)c3)nc(-c3ccc4cccnc4c3)n2)cc1. The fourth-order valence-electron chi connectivity index (χ4n) is 7.57. The van der Waals surface area contributed by atoms with Crippen LogP contribution in [0, 0.1) is 0 Å². The van der Waals surface area contributed by atoms with E-state index in [9.17, 15) is 0 Å². The summed E-state index contributed by atoms with van der Waals surface area (Å²) >= 11 is 0. The molecular weight excluding hydrogens is 665 g/mol. The van der Waals surface area contributed by atoms with Crippen molar-refractivity contribution in [1.82, 2.24) is 19.9 Å². The number of fused-ring (bicyclic) bond motifs is 7. The zero-order chi connectivity index (χ0) is 35.6. The van der Waals surface area contributed by atoms with E-state index in [2.05, 4.69) is 83.8 Å². The molecule has 6 heteroatoms. The molecule has 0 N–H and O–H groups in total. The number of para-hydroxylation sites is 4. The monoisotopic (exact) mass is 692 g/mol. The summed E-state index contributed by atoms with van der Waals surface area (Å²) in [7, 11) is 0. The Morgan fingerprint density at radius 1 is 0.352 bits per heavy atom. The van der Waals surface area contributed by atoms with Gasteiger partial charge in [0.25, 0.3) is 0 Å². The zero-order valence-electron chi connectivity index (χ0n) is 28.8. The number of rotatable bonds is 5. The van der Waals surface area contributed by atoms with Crippen LogP contribution < -0.4 is 0 Å². The van der Waals surface area contributed by atoms with Gasteiger partial charge in [0.2, 0.25) is 0 Å². The Kier molecular flexibility index (Phi) is 6.75. The fraction of sp³-hybridized carbons (Fsp3) is 0. The molecule has 11 rings (SSSR count). The quantitative estimate of drug-likeness (QED) is 0.179. The third kappa shape index (κ3) is 4.96. The van der Waals surface area contributed by atoms with Crippen LogP contribution in [-0.2, 0) is 0 Å². The maximum absolute atomic E-state index is 6.56. The molecule has 0 bridgehead atoms. The Morgan fingerprint density at radius 2 is 0.889 bits per heavy atom. The maximum atomic E-state index is 6.56. The molecule has 4 aromatic heterocycles. The van der Waals surface area contributed by atoms with Crippen LogP contribution in [-0.4, -0.2) is 19.9 Å². The van der Waals surface area contributed by atoms with E-state index in [1.807, 2.05) is 84.9 Å². The lowest BCUT2D eigenvalue weighted by atomic mass is 9.94. The van der Waals surface area contributed by atoms with Crippen LogP contribution >= 0.6 is 0 Å². The molecule has 0 radical (unpaired) electrons. The molecule has 252 valence electrons. The van der Waals surface area contributed by atoms with Crippen molar-refractivity contribution in [2.24, 2.45) is 0 Å². The smallest absolute Gasteiger partial charge is 0.164 e. The number of benzene rings is 7. The van der Waals surface area contributed by atoms with Crippen molar-refractivity contribution < 1.29 is 8.83 Å². The molecule has 0 unspecified atom stereocenters. The molecule has 0 atom stereocenters. The highest BCUT2D eigenvalue weighted by molar-refractivity contribution is 6.11. The van der Waals surface area contributed by atoms with Crippen molar-refractivity contribution >= 4 is 54.8 Å². The van der Waals surface area contributed by atoms with E-state index < -0.39 is 0 Å². The average molecular weight is 693 g/mol. The van der Waals surface area contributed by atoms with E-state index in [1.165, 1.54) is 0 Å². The van der Waals surface area contributed by atoms with Crippen molar-refractivity contribution in [3.05, 3.63) is 170 Å². The van der Waals surface area contributed by atoms with Gasteiger partial charge in [-0.05, 0) is 53.6 Å². The molecule has 0 fully saturated rings. The molecule has 0 aliphatic rings. The van der Waals surface area contributed by atoms with Gasteiger partial charge in [-0.2, -0.15) is 0 Å². The Balaban J connectivity index is 1.19. The Labute approximate surface area is 309 Å². The second kappa shape index (κ2) is 12.1. The van der Waals surface area contributed by atoms with Crippen LogP contribution in [0.15, 0.2) is 179 Å². The van der Waals surface area contributed by atoms with Gasteiger partial charge in [0.05, 0.1) is 5.52 Å². The summed E-state index contributed by atoms with van der Waals surface area (Å²) in [5.74, 6) is 1.70. The van der Waals surface area contributed by atoms with Crippen molar-refractivity contribution in [3.8, 4) is 56.4 Å². The molecule has 0 spiro atoms. The lowest BCUT2D eigenvalue weighted by molar-refractivity contribution is 0.670. The maximum Gasteiger partial charge on any atom is 0.164 e. The molecule has 7 aromatic carbocycles. The van der Waals surface area contributed by atoms with Crippen LogP contribution in [0.1, 0.15) is 0 Å². The first kappa shape index (κ1) is 30.2. The van der Waals surface area contributed by atoms with Crippen LogP contribution in [0.2, 0.25) is 0 Å². The predicted molar refractivity (Wildman–Crippen MR) is 217 cm³/mol. The number of hydrogen-bond acceptors (Lipinski definition) is 6. The van der Waals surface area contributed by atoms with E-state index in [0.717, 1.165) is 93.7 Å². The van der Waals surface area contributed by atoms with Gasteiger partial charge < -0.3 is 8.83 Å². The minimum Gasteiger partial charge on any atom is -0.455 e. The van der Waals surface area contributed by atoms with Crippen LogP contribution in [0.5, 0.6) is 0 Å². The largest absolute Gasteiger partial charge is 0.455 e. The van der Waals surface area contributed by atoms with E-state index >= 15 is 0 Å². The first-order chi connectivity index (χ1) is 26.7. The van der Waals surface area contributed by atoms with Gasteiger partial charge in [-0.1, -0.05) is 121 Å². The molecule has 0 saturated heterocycles. The van der Waals surface area contributed by atoms with Crippen LogP contribution in [0.25, 0.3) is 111 Å². The molecule has 0 aliphatic carbocycles. The van der Waals surface area contributed by atoms with Gasteiger partial charge >= 0.3 is 0 Å². The second-order valence-corrected chi connectivity index (χ2v) is 13.4. The number of aromatic nitrogens is 4. The lowest BCUT2D eigenvalue weighted by Crippen LogP contribution is -2.00. The highest BCUT2D eigenvalue weighted by Crippen LogP contribution is 2.42. The van der Waals surface area contributed by atoms with Gasteiger partial charge in [0.15, 0.2) is 17.5 Å². The van der Waals surface area contributed by atoms with Gasteiger partial charge in [-0.15, -0.1) is 0 Å². The van der Waals surface area contributed by atoms with Crippen molar-refractivity contribution in [2.45, 2.75) is 0 Å². The zero-order valence-corrected chi connectivity index (χ0v) is 28.8. The third-order valence-electron chi connectivity index (χ3n) is 10.2. The van der Waals surface area contributed by atoms with E-state index in [1.54, 1.807) is 6.20 Å². The molecule has 0 amide bonds. The Bertz CT molecular complexity index is 3100. The van der Waals surface area contributed by atoms with E-state index in [-0.39, 0.29) is 0 Å². The van der Waals surface area contributed by atoms with Gasteiger partial charge in [-0.3, -0.25) is 4.98 Å². The Hall–Kier alpha value is -7.44. The molecule has 6 nitrogen and oxygen atoms in total. The normalized spacial score (nSPS) is 11.7. The first-order valence-corrected chi connectivity index (χ1v) is 17.9. The summed E-state index contributed by atoms with van der Waals surface area (Å²) < 4.78 is 13.1. The summed E-state index contributed by atoms with van der Waals surface area (Å²) in [6.07, 6.45) is 1.80. The van der Waals surface area contributed by atoms with Gasteiger partial charge in [-0.25, -0.2) is 15.0 Å². The fourth-order valence-corrected chi connectivity index (χ4v) is 7.57. The standard InChI is InChI=1S/C48H28N4O2/c1-2-11-30(12-3-1)46-50-47(31-23-22-29-13-10-24-49-41(29)28-31)52-48(51-46)34-26-32(35-16-8-18-39-37-14-4-6-20-42(37)53-44(35)39)25-33(27-34)36-17-9-19-40-38-15-5-7-21-43(38)54-45(36)40/h1-28H. The molecule has 0 saturated carbocycles. The second-order valence-electron chi connectivity index (χ2n) is 13.4. The van der Waals surface area contributed by atoms with Gasteiger partial charge in [0.1, 0.15) is 22.3 Å². The van der Waals surface area contributed by atoms with Crippen LogP contribution in [0.3, 0.4) is 0 Å². The van der Waals surface area contributed by atoms with E-state index in [4.69, 9.17) is 23.8 Å².